The average molecular weight is 310 g/mol. The minimum atomic E-state index is -0.0113. The Morgan fingerprint density at radius 1 is 1.04 bits per heavy atom. The van der Waals surface area contributed by atoms with Crippen LogP contribution in [0, 0.1) is 6.92 Å². The number of hydrogen-bond donors (Lipinski definition) is 1. The zero-order valence-corrected chi connectivity index (χ0v) is 14.6. The second-order valence-electron chi connectivity index (χ2n) is 7.28. The number of piperazine rings is 1. The lowest BCUT2D eigenvalue weighted by Crippen LogP contribution is -2.44. The van der Waals surface area contributed by atoms with Gasteiger partial charge in [0.05, 0.1) is 17.6 Å². The lowest BCUT2D eigenvalue weighted by atomic mass is 9.90. The molecule has 1 aliphatic rings. The van der Waals surface area contributed by atoms with Crippen molar-refractivity contribution in [1.29, 1.82) is 0 Å². The first kappa shape index (κ1) is 15.9. The predicted octanol–water partition coefficient (Wildman–Crippen LogP) is 3.16. The number of rotatable bonds is 2. The van der Waals surface area contributed by atoms with Gasteiger partial charge in [-0.3, -0.25) is 0 Å². The van der Waals surface area contributed by atoms with E-state index in [1.54, 1.807) is 0 Å². The standard InChI is InChI=1S/C19H26N4/c1-14-5-7-15(8-6-14)18-21-13-16(17(22-18)19(2,3)4)23-11-9-20-10-12-23/h5-8,13,20H,9-12H2,1-4H3. The third-order valence-electron chi connectivity index (χ3n) is 4.25. The Kier molecular flexibility index (Phi) is 4.35. The van der Waals surface area contributed by atoms with Crippen molar-refractivity contribution in [2.45, 2.75) is 33.1 Å². The van der Waals surface area contributed by atoms with E-state index in [4.69, 9.17) is 4.98 Å². The van der Waals surface area contributed by atoms with Gasteiger partial charge >= 0.3 is 0 Å². The zero-order valence-electron chi connectivity index (χ0n) is 14.6. The van der Waals surface area contributed by atoms with Crippen LogP contribution in [0.5, 0.6) is 0 Å². The van der Waals surface area contributed by atoms with Crippen molar-refractivity contribution < 1.29 is 0 Å². The van der Waals surface area contributed by atoms with Gasteiger partial charge in [0, 0.05) is 37.2 Å². The van der Waals surface area contributed by atoms with Crippen LogP contribution in [-0.4, -0.2) is 36.1 Å². The highest BCUT2D eigenvalue weighted by Gasteiger charge is 2.25. The summed E-state index contributed by atoms with van der Waals surface area (Å²) in [5, 5.41) is 3.40. The fourth-order valence-corrected chi connectivity index (χ4v) is 2.91. The van der Waals surface area contributed by atoms with Crippen LogP contribution in [-0.2, 0) is 5.41 Å². The number of hydrogen-bond acceptors (Lipinski definition) is 4. The van der Waals surface area contributed by atoms with Crippen LogP contribution >= 0.6 is 0 Å². The Hall–Kier alpha value is -1.94. The molecule has 0 atom stereocenters. The molecule has 0 spiro atoms. The zero-order chi connectivity index (χ0) is 16.4. The van der Waals surface area contributed by atoms with E-state index in [0.717, 1.165) is 43.3 Å². The van der Waals surface area contributed by atoms with Gasteiger partial charge in [0.1, 0.15) is 0 Å². The molecule has 1 aromatic heterocycles. The third-order valence-corrected chi connectivity index (χ3v) is 4.25. The number of nitrogens with one attached hydrogen (secondary N) is 1. The van der Waals surface area contributed by atoms with Crippen LogP contribution in [0.3, 0.4) is 0 Å². The summed E-state index contributed by atoms with van der Waals surface area (Å²) in [6.07, 6.45) is 2.01. The molecule has 1 fully saturated rings. The van der Waals surface area contributed by atoms with Gasteiger partial charge in [0.25, 0.3) is 0 Å². The fourth-order valence-electron chi connectivity index (χ4n) is 2.91. The molecule has 0 unspecified atom stereocenters. The Morgan fingerprint density at radius 2 is 1.70 bits per heavy atom. The van der Waals surface area contributed by atoms with Crippen LogP contribution in [0.1, 0.15) is 32.0 Å². The lowest BCUT2D eigenvalue weighted by Gasteiger charge is -2.33. The lowest BCUT2D eigenvalue weighted by molar-refractivity contribution is 0.548. The van der Waals surface area contributed by atoms with E-state index in [0.29, 0.717) is 0 Å². The number of benzene rings is 1. The molecular weight excluding hydrogens is 284 g/mol. The maximum Gasteiger partial charge on any atom is 0.159 e. The summed E-state index contributed by atoms with van der Waals surface area (Å²) in [6.45, 7) is 12.8. The first-order valence-electron chi connectivity index (χ1n) is 8.35. The maximum atomic E-state index is 4.95. The van der Waals surface area contributed by atoms with Gasteiger partial charge in [-0.05, 0) is 6.92 Å². The van der Waals surface area contributed by atoms with Crippen molar-refractivity contribution in [3.05, 3.63) is 41.7 Å². The molecule has 1 aliphatic heterocycles. The molecule has 1 N–H and O–H groups in total. The van der Waals surface area contributed by atoms with Crippen molar-refractivity contribution in [2.24, 2.45) is 0 Å². The molecule has 2 aromatic rings. The second kappa shape index (κ2) is 6.28. The SMILES string of the molecule is Cc1ccc(-c2ncc(N3CCNCC3)c(C(C)(C)C)n2)cc1. The molecule has 3 rings (SSSR count). The molecule has 4 nitrogen and oxygen atoms in total. The summed E-state index contributed by atoms with van der Waals surface area (Å²) in [5.41, 5.74) is 4.62. The molecule has 122 valence electrons. The van der Waals surface area contributed by atoms with Crippen molar-refractivity contribution in [3.8, 4) is 11.4 Å². The van der Waals surface area contributed by atoms with Gasteiger partial charge < -0.3 is 10.2 Å². The molecule has 23 heavy (non-hydrogen) atoms. The number of nitrogens with zero attached hydrogens (tertiary/aromatic N) is 3. The topological polar surface area (TPSA) is 41.1 Å². The molecule has 0 amide bonds. The number of aromatic nitrogens is 2. The predicted molar refractivity (Wildman–Crippen MR) is 96.0 cm³/mol. The summed E-state index contributed by atoms with van der Waals surface area (Å²) >= 11 is 0. The molecule has 0 aliphatic carbocycles. The second-order valence-corrected chi connectivity index (χ2v) is 7.28. The first-order valence-corrected chi connectivity index (χ1v) is 8.35. The largest absolute Gasteiger partial charge is 0.366 e. The van der Waals surface area contributed by atoms with Crippen LogP contribution in [0.25, 0.3) is 11.4 Å². The molecule has 4 heteroatoms. The molecule has 0 saturated carbocycles. The van der Waals surface area contributed by atoms with Crippen LogP contribution in [0.15, 0.2) is 30.5 Å². The highest BCUT2D eigenvalue weighted by Crippen LogP contribution is 2.31. The highest BCUT2D eigenvalue weighted by atomic mass is 15.2. The maximum absolute atomic E-state index is 4.95. The Labute approximate surface area is 139 Å². The Balaban J connectivity index is 2.03. The van der Waals surface area contributed by atoms with E-state index in [9.17, 15) is 0 Å². The molecular formula is C19H26N4. The van der Waals surface area contributed by atoms with Crippen molar-refractivity contribution in [1.82, 2.24) is 15.3 Å². The molecule has 0 bridgehead atoms. The van der Waals surface area contributed by atoms with Crippen LogP contribution in [0.4, 0.5) is 5.69 Å². The molecule has 0 radical (unpaired) electrons. The molecule has 1 saturated heterocycles. The summed E-state index contributed by atoms with van der Waals surface area (Å²) in [4.78, 5) is 12.0. The van der Waals surface area contributed by atoms with Gasteiger partial charge in [0.15, 0.2) is 5.82 Å². The Morgan fingerprint density at radius 3 is 2.30 bits per heavy atom. The van der Waals surface area contributed by atoms with E-state index in [2.05, 4.69) is 67.2 Å². The fraction of sp³-hybridized carbons (Fsp3) is 0.474. The van der Waals surface area contributed by atoms with Gasteiger partial charge in [-0.1, -0.05) is 50.6 Å². The number of aryl methyl sites for hydroxylation is 1. The van der Waals surface area contributed by atoms with Gasteiger partial charge in [0.2, 0.25) is 0 Å². The van der Waals surface area contributed by atoms with Crippen molar-refractivity contribution in [3.63, 3.8) is 0 Å². The van der Waals surface area contributed by atoms with Crippen molar-refractivity contribution >= 4 is 5.69 Å². The van der Waals surface area contributed by atoms with E-state index in [1.807, 2.05) is 6.20 Å². The third kappa shape index (κ3) is 3.53. The van der Waals surface area contributed by atoms with E-state index >= 15 is 0 Å². The van der Waals surface area contributed by atoms with Crippen LogP contribution in [0.2, 0.25) is 0 Å². The van der Waals surface area contributed by atoms with E-state index in [-0.39, 0.29) is 5.41 Å². The summed E-state index contributed by atoms with van der Waals surface area (Å²) in [6, 6.07) is 8.42. The quantitative estimate of drug-likeness (QED) is 0.925. The average Bonchev–Trinajstić information content (AvgIpc) is 2.55. The minimum absolute atomic E-state index is 0.0113. The highest BCUT2D eigenvalue weighted by molar-refractivity contribution is 5.60. The molecule has 1 aromatic carbocycles. The monoisotopic (exact) mass is 310 g/mol. The van der Waals surface area contributed by atoms with Crippen molar-refractivity contribution in [2.75, 3.05) is 31.1 Å². The first-order chi connectivity index (χ1) is 10.9. The Bertz CT molecular complexity index is 665. The van der Waals surface area contributed by atoms with Crippen LogP contribution < -0.4 is 10.2 Å². The van der Waals surface area contributed by atoms with E-state index < -0.39 is 0 Å². The smallest absolute Gasteiger partial charge is 0.159 e. The minimum Gasteiger partial charge on any atom is -0.366 e. The number of anilines is 1. The summed E-state index contributed by atoms with van der Waals surface area (Å²) in [5.74, 6) is 0.814. The summed E-state index contributed by atoms with van der Waals surface area (Å²) < 4.78 is 0. The van der Waals surface area contributed by atoms with Gasteiger partial charge in [-0.2, -0.15) is 0 Å². The molecule has 2 heterocycles. The van der Waals surface area contributed by atoms with E-state index in [1.165, 1.54) is 11.3 Å². The van der Waals surface area contributed by atoms with Gasteiger partial charge in [-0.15, -0.1) is 0 Å². The van der Waals surface area contributed by atoms with Gasteiger partial charge in [-0.25, -0.2) is 9.97 Å². The normalized spacial score (nSPS) is 15.7. The summed E-state index contributed by atoms with van der Waals surface area (Å²) in [7, 11) is 0.